The lowest BCUT2D eigenvalue weighted by atomic mass is 10.2. The second-order valence-corrected chi connectivity index (χ2v) is 6.12. The first-order valence-corrected chi connectivity index (χ1v) is 8.46. The number of H-pyrrole nitrogens is 1. The van der Waals surface area contributed by atoms with Crippen LogP contribution in [0.3, 0.4) is 0 Å². The summed E-state index contributed by atoms with van der Waals surface area (Å²) in [6.07, 6.45) is 5.19. The van der Waals surface area contributed by atoms with Gasteiger partial charge in [0.2, 0.25) is 0 Å². The van der Waals surface area contributed by atoms with Crippen LogP contribution in [0.25, 0.3) is 16.7 Å². The van der Waals surface area contributed by atoms with Crippen molar-refractivity contribution in [2.24, 2.45) is 4.99 Å². The second-order valence-electron chi connectivity index (χ2n) is 5.25. The standard InChI is InChI=1S/C18H14N4O2S/c1-24-15-7-3-2-6-14(15)22-9-10-25-18(22)21-17(23)13-11-20-16-12(13)5-4-8-19-16/h2-11H,1H3,(H,19,20)/b21-18-. The Balaban J connectivity index is 1.81. The molecule has 0 saturated heterocycles. The lowest BCUT2D eigenvalue weighted by molar-refractivity contribution is 0.0999. The minimum absolute atomic E-state index is 0.314. The number of pyridine rings is 1. The van der Waals surface area contributed by atoms with E-state index < -0.39 is 0 Å². The van der Waals surface area contributed by atoms with Crippen molar-refractivity contribution in [1.82, 2.24) is 14.5 Å². The van der Waals surface area contributed by atoms with Crippen molar-refractivity contribution >= 4 is 28.3 Å². The summed E-state index contributed by atoms with van der Waals surface area (Å²) in [5.41, 5.74) is 2.01. The first-order chi connectivity index (χ1) is 12.3. The van der Waals surface area contributed by atoms with Gasteiger partial charge in [-0.15, -0.1) is 11.3 Å². The number of aromatic amines is 1. The predicted molar refractivity (Wildman–Crippen MR) is 96.2 cm³/mol. The molecule has 0 atom stereocenters. The van der Waals surface area contributed by atoms with Gasteiger partial charge in [0.1, 0.15) is 11.4 Å². The van der Waals surface area contributed by atoms with Crippen LogP contribution in [0.2, 0.25) is 0 Å². The molecule has 0 aliphatic rings. The van der Waals surface area contributed by atoms with Crippen molar-refractivity contribution in [2.75, 3.05) is 7.11 Å². The van der Waals surface area contributed by atoms with Crippen LogP contribution in [0, 0.1) is 0 Å². The minimum Gasteiger partial charge on any atom is -0.495 e. The fraction of sp³-hybridized carbons (Fsp3) is 0.0556. The molecule has 0 unspecified atom stereocenters. The Hall–Kier alpha value is -3.19. The first kappa shape index (κ1) is 15.3. The van der Waals surface area contributed by atoms with Crippen molar-refractivity contribution in [1.29, 1.82) is 0 Å². The van der Waals surface area contributed by atoms with E-state index >= 15 is 0 Å². The van der Waals surface area contributed by atoms with Crippen LogP contribution in [0.5, 0.6) is 5.75 Å². The average molecular weight is 350 g/mol. The monoisotopic (exact) mass is 350 g/mol. The molecule has 7 heteroatoms. The third kappa shape index (κ3) is 2.74. The highest BCUT2D eigenvalue weighted by Gasteiger charge is 2.13. The van der Waals surface area contributed by atoms with E-state index in [9.17, 15) is 4.79 Å². The van der Waals surface area contributed by atoms with Crippen LogP contribution in [-0.4, -0.2) is 27.6 Å². The fourth-order valence-electron chi connectivity index (χ4n) is 2.65. The highest BCUT2D eigenvalue weighted by atomic mass is 32.1. The number of ether oxygens (including phenoxy) is 1. The van der Waals surface area contributed by atoms with E-state index in [1.807, 2.05) is 46.5 Å². The molecule has 1 N–H and O–H groups in total. The number of benzene rings is 1. The summed E-state index contributed by atoms with van der Waals surface area (Å²) in [6, 6.07) is 11.3. The number of hydrogen-bond acceptors (Lipinski definition) is 4. The third-order valence-electron chi connectivity index (χ3n) is 3.81. The third-order valence-corrected chi connectivity index (χ3v) is 4.57. The van der Waals surface area contributed by atoms with E-state index in [0.29, 0.717) is 21.8 Å². The van der Waals surface area contributed by atoms with E-state index in [1.54, 1.807) is 25.6 Å². The van der Waals surface area contributed by atoms with Crippen molar-refractivity contribution in [3.8, 4) is 11.4 Å². The molecular weight excluding hydrogens is 336 g/mol. The summed E-state index contributed by atoms with van der Waals surface area (Å²) in [5.74, 6) is 0.399. The van der Waals surface area contributed by atoms with E-state index in [2.05, 4.69) is 15.0 Å². The molecule has 3 heterocycles. The van der Waals surface area contributed by atoms with Crippen LogP contribution in [0.15, 0.2) is 65.4 Å². The molecule has 25 heavy (non-hydrogen) atoms. The largest absolute Gasteiger partial charge is 0.495 e. The highest BCUT2D eigenvalue weighted by molar-refractivity contribution is 7.07. The van der Waals surface area contributed by atoms with Crippen LogP contribution in [0.4, 0.5) is 0 Å². The van der Waals surface area contributed by atoms with Gasteiger partial charge in [0.05, 0.1) is 18.4 Å². The van der Waals surface area contributed by atoms with Gasteiger partial charge < -0.3 is 9.72 Å². The van der Waals surface area contributed by atoms with Gasteiger partial charge in [0.25, 0.3) is 5.91 Å². The van der Waals surface area contributed by atoms with Crippen LogP contribution < -0.4 is 9.54 Å². The molecule has 0 bridgehead atoms. The molecule has 0 spiro atoms. The van der Waals surface area contributed by atoms with Crippen molar-refractivity contribution in [2.45, 2.75) is 0 Å². The Morgan fingerprint density at radius 2 is 2.16 bits per heavy atom. The van der Waals surface area contributed by atoms with Crippen molar-refractivity contribution < 1.29 is 9.53 Å². The van der Waals surface area contributed by atoms with Gasteiger partial charge in [-0.25, -0.2) is 4.98 Å². The Morgan fingerprint density at radius 1 is 1.28 bits per heavy atom. The highest BCUT2D eigenvalue weighted by Crippen LogP contribution is 2.21. The molecule has 6 nitrogen and oxygen atoms in total. The lowest BCUT2D eigenvalue weighted by Crippen LogP contribution is -2.15. The fourth-order valence-corrected chi connectivity index (χ4v) is 3.36. The summed E-state index contributed by atoms with van der Waals surface area (Å²) < 4.78 is 7.24. The van der Waals surface area contributed by atoms with Crippen molar-refractivity contribution in [3.63, 3.8) is 0 Å². The second kappa shape index (κ2) is 6.37. The zero-order valence-electron chi connectivity index (χ0n) is 13.3. The summed E-state index contributed by atoms with van der Waals surface area (Å²) in [4.78, 5) is 24.8. The maximum atomic E-state index is 12.7. The molecule has 4 rings (SSSR count). The smallest absolute Gasteiger partial charge is 0.281 e. The number of aromatic nitrogens is 3. The summed E-state index contributed by atoms with van der Waals surface area (Å²) in [7, 11) is 1.62. The van der Waals surface area contributed by atoms with Gasteiger partial charge in [0.15, 0.2) is 4.80 Å². The van der Waals surface area contributed by atoms with Crippen molar-refractivity contribution in [3.05, 3.63) is 70.7 Å². The molecule has 1 aromatic carbocycles. The van der Waals surface area contributed by atoms with E-state index in [1.165, 1.54) is 11.3 Å². The molecule has 0 aliphatic heterocycles. The SMILES string of the molecule is COc1ccccc1-n1ccs/c1=N\C(=O)c1c[nH]c2ncccc12. The number of nitrogens with zero attached hydrogens (tertiary/aromatic N) is 3. The number of carbonyl (C=O) groups excluding carboxylic acids is 1. The lowest BCUT2D eigenvalue weighted by Gasteiger charge is -2.08. The van der Waals surface area contributed by atoms with Gasteiger partial charge >= 0.3 is 0 Å². The zero-order valence-corrected chi connectivity index (χ0v) is 14.2. The maximum Gasteiger partial charge on any atom is 0.281 e. The molecule has 0 fully saturated rings. The molecular formula is C18H14N4O2S. The molecule has 0 radical (unpaired) electrons. The van der Waals surface area contributed by atoms with Gasteiger partial charge in [-0.1, -0.05) is 12.1 Å². The summed E-state index contributed by atoms with van der Waals surface area (Å²) in [6.45, 7) is 0. The van der Waals surface area contributed by atoms with E-state index in [4.69, 9.17) is 4.74 Å². The number of methoxy groups -OCH3 is 1. The quantitative estimate of drug-likeness (QED) is 0.617. The summed E-state index contributed by atoms with van der Waals surface area (Å²) in [5, 5.41) is 2.65. The Labute approximate surface area is 147 Å². The molecule has 0 aliphatic carbocycles. The number of hydrogen-bond donors (Lipinski definition) is 1. The van der Waals surface area contributed by atoms with Crippen LogP contribution >= 0.6 is 11.3 Å². The topological polar surface area (TPSA) is 72.3 Å². The number of nitrogens with one attached hydrogen (secondary N) is 1. The Kier molecular flexibility index (Phi) is 3.91. The molecule has 3 aromatic heterocycles. The minimum atomic E-state index is -0.314. The molecule has 4 aromatic rings. The normalized spacial score (nSPS) is 11.8. The number of rotatable bonds is 3. The Bertz CT molecular complexity index is 1120. The van der Waals surface area contributed by atoms with Crippen LogP contribution in [0.1, 0.15) is 10.4 Å². The van der Waals surface area contributed by atoms with Crippen LogP contribution in [-0.2, 0) is 0 Å². The average Bonchev–Trinajstić information content (AvgIpc) is 3.28. The number of amides is 1. The summed E-state index contributed by atoms with van der Waals surface area (Å²) >= 11 is 1.39. The van der Waals surface area contributed by atoms with Gasteiger partial charge in [-0.2, -0.15) is 4.99 Å². The zero-order chi connectivity index (χ0) is 17.2. The molecule has 1 amide bonds. The number of thiazole rings is 1. The number of fused-ring (bicyclic) bond motifs is 1. The maximum absolute atomic E-state index is 12.7. The van der Waals surface area contributed by atoms with Gasteiger partial charge in [0, 0.05) is 29.4 Å². The first-order valence-electron chi connectivity index (χ1n) is 7.58. The van der Waals surface area contributed by atoms with Gasteiger partial charge in [-0.05, 0) is 24.3 Å². The Morgan fingerprint density at radius 3 is 3.04 bits per heavy atom. The van der Waals surface area contributed by atoms with E-state index in [0.717, 1.165) is 11.1 Å². The predicted octanol–water partition coefficient (Wildman–Crippen LogP) is 3.16. The van der Waals surface area contributed by atoms with E-state index in [-0.39, 0.29) is 5.91 Å². The van der Waals surface area contributed by atoms with Gasteiger partial charge in [-0.3, -0.25) is 9.36 Å². The number of carbonyl (C=O) groups is 1. The number of para-hydroxylation sites is 2. The molecule has 0 saturated carbocycles. The molecule has 124 valence electrons.